The zero-order valence-electron chi connectivity index (χ0n) is 9.89. The number of carbonyl (C=O) groups is 1. The minimum Gasteiger partial charge on any atom is -0.462 e. The molecule has 18 heavy (non-hydrogen) atoms. The second kappa shape index (κ2) is 7.31. The number of nitriles is 1. The van der Waals surface area contributed by atoms with E-state index in [1.165, 1.54) is 12.2 Å². The Kier molecular flexibility index (Phi) is 5.69. The lowest BCUT2D eigenvalue weighted by atomic mass is 10.2. The number of hydrogen-bond acceptors (Lipinski definition) is 3. The van der Waals surface area contributed by atoms with Crippen molar-refractivity contribution in [3.8, 4) is 6.07 Å². The molecular weight excluding hydrogens is 250 g/mol. The van der Waals surface area contributed by atoms with Crippen molar-refractivity contribution in [1.29, 1.82) is 5.26 Å². The van der Waals surface area contributed by atoms with Crippen molar-refractivity contribution in [2.75, 3.05) is 6.61 Å². The molecular formula is C14H12ClNO2. The van der Waals surface area contributed by atoms with Gasteiger partial charge < -0.3 is 4.74 Å². The monoisotopic (exact) mass is 261 g/mol. The van der Waals surface area contributed by atoms with Crippen LogP contribution in [0.4, 0.5) is 0 Å². The molecule has 0 atom stereocenters. The fourth-order valence-corrected chi connectivity index (χ4v) is 1.40. The van der Waals surface area contributed by atoms with Crippen molar-refractivity contribution < 1.29 is 9.53 Å². The molecule has 3 nitrogen and oxygen atoms in total. The van der Waals surface area contributed by atoms with E-state index in [1.54, 1.807) is 13.0 Å². The van der Waals surface area contributed by atoms with Crippen LogP contribution in [-0.4, -0.2) is 12.6 Å². The zero-order chi connectivity index (χ0) is 13.4. The van der Waals surface area contributed by atoms with E-state index >= 15 is 0 Å². The molecule has 1 aromatic rings. The van der Waals surface area contributed by atoms with E-state index in [-0.39, 0.29) is 12.2 Å². The van der Waals surface area contributed by atoms with Gasteiger partial charge in [0.2, 0.25) is 0 Å². The predicted octanol–water partition coefficient (Wildman–Crippen LogP) is 3.28. The summed E-state index contributed by atoms with van der Waals surface area (Å²) < 4.78 is 4.73. The maximum atomic E-state index is 11.3. The molecule has 0 saturated heterocycles. The van der Waals surface area contributed by atoms with Crippen molar-refractivity contribution in [2.45, 2.75) is 6.92 Å². The Hall–Kier alpha value is -2.05. The molecule has 0 N–H and O–H groups in total. The van der Waals surface area contributed by atoms with Crippen LogP contribution in [0.3, 0.4) is 0 Å². The summed E-state index contributed by atoms with van der Waals surface area (Å²) in [6, 6.07) is 11.0. The molecule has 0 saturated carbocycles. The zero-order valence-corrected chi connectivity index (χ0v) is 10.6. The normalized spacial score (nSPS) is 11.8. The summed E-state index contributed by atoms with van der Waals surface area (Å²) >= 11 is 6.04. The molecule has 1 aromatic carbocycles. The Balaban J connectivity index is 2.89. The molecule has 4 heteroatoms. The van der Waals surface area contributed by atoms with E-state index < -0.39 is 5.97 Å². The van der Waals surface area contributed by atoms with E-state index in [0.717, 1.165) is 5.56 Å². The predicted molar refractivity (Wildman–Crippen MR) is 70.6 cm³/mol. The van der Waals surface area contributed by atoms with Gasteiger partial charge in [-0.3, -0.25) is 0 Å². The van der Waals surface area contributed by atoms with Gasteiger partial charge in [0.25, 0.3) is 0 Å². The minimum absolute atomic E-state index is 0.0778. The van der Waals surface area contributed by atoms with Crippen LogP contribution in [0, 0.1) is 11.3 Å². The average molecular weight is 262 g/mol. The van der Waals surface area contributed by atoms with E-state index in [2.05, 4.69) is 0 Å². The average Bonchev–Trinajstić information content (AvgIpc) is 2.40. The molecule has 0 aliphatic heterocycles. The number of rotatable bonds is 4. The SMILES string of the molecule is CCOC(=O)/C(C#N)=C/C=C(\Cl)c1ccccc1. The lowest BCUT2D eigenvalue weighted by molar-refractivity contribution is -0.138. The van der Waals surface area contributed by atoms with E-state index in [0.29, 0.717) is 5.03 Å². The molecule has 0 aromatic heterocycles. The maximum absolute atomic E-state index is 11.3. The first-order valence-corrected chi connectivity index (χ1v) is 5.77. The van der Waals surface area contributed by atoms with Crippen LogP contribution < -0.4 is 0 Å². The number of carbonyl (C=O) groups excluding carboxylic acids is 1. The quantitative estimate of drug-likeness (QED) is 0.362. The molecule has 0 heterocycles. The van der Waals surface area contributed by atoms with Gasteiger partial charge in [0, 0.05) is 5.03 Å². The second-order valence-corrected chi connectivity index (χ2v) is 3.70. The van der Waals surface area contributed by atoms with Gasteiger partial charge in [-0.05, 0) is 24.6 Å². The van der Waals surface area contributed by atoms with Gasteiger partial charge in [0.05, 0.1) is 6.61 Å². The highest BCUT2D eigenvalue weighted by Gasteiger charge is 2.08. The van der Waals surface area contributed by atoms with Crippen LogP contribution in [0.5, 0.6) is 0 Å². The molecule has 0 spiro atoms. The molecule has 0 fully saturated rings. The lowest BCUT2D eigenvalue weighted by Gasteiger charge is -1.99. The number of hydrogen-bond donors (Lipinski definition) is 0. The summed E-state index contributed by atoms with van der Waals surface area (Å²) in [5, 5.41) is 9.27. The standard InChI is InChI=1S/C14H12ClNO2/c1-2-18-14(17)12(10-16)8-9-13(15)11-6-4-3-5-7-11/h3-9H,2H2,1H3/b12-8+,13-9-. The van der Waals surface area contributed by atoms with Crippen LogP contribution in [0.15, 0.2) is 48.1 Å². The van der Waals surface area contributed by atoms with Gasteiger partial charge >= 0.3 is 5.97 Å². The fourth-order valence-electron chi connectivity index (χ4n) is 1.21. The van der Waals surface area contributed by atoms with Crippen LogP contribution in [-0.2, 0) is 9.53 Å². The van der Waals surface area contributed by atoms with Gasteiger partial charge in [-0.2, -0.15) is 5.26 Å². The number of allylic oxidation sites excluding steroid dienone is 2. The van der Waals surface area contributed by atoms with Crippen LogP contribution in [0.2, 0.25) is 0 Å². The van der Waals surface area contributed by atoms with Crippen LogP contribution in [0.1, 0.15) is 12.5 Å². The third-order valence-electron chi connectivity index (χ3n) is 2.06. The molecule has 0 aliphatic carbocycles. The summed E-state index contributed by atoms with van der Waals surface area (Å²) in [7, 11) is 0. The van der Waals surface area contributed by atoms with E-state index in [9.17, 15) is 4.79 Å². The smallest absolute Gasteiger partial charge is 0.348 e. The van der Waals surface area contributed by atoms with Crippen molar-refractivity contribution in [3.05, 3.63) is 53.6 Å². The number of halogens is 1. The molecule has 1 rings (SSSR count). The van der Waals surface area contributed by atoms with Crippen LogP contribution >= 0.6 is 11.6 Å². The maximum Gasteiger partial charge on any atom is 0.348 e. The Morgan fingerprint density at radius 3 is 2.61 bits per heavy atom. The molecule has 92 valence electrons. The van der Waals surface area contributed by atoms with Crippen LogP contribution in [0.25, 0.3) is 5.03 Å². The minimum atomic E-state index is -0.645. The number of esters is 1. The largest absolute Gasteiger partial charge is 0.462 e. The highest BCUT2D eigenvalue weighted by Crippen LogP contribution is 2.18. The van der Waals surface area contributed by atoms with Crippen molar-refractivity contribution in [2.24, 2.45) is 0 Å². The van der Waals surface area contributed by atoms with Gasteiger partial charge in [0.15, 0.2) is 0 Å². The summed E-state index contributed by atoms with van der Waals surface area (Å²) in [6.45, 7) is 1.91. The molecule has 0 bridgehead atoms. The van der Waals surface area contributed by atoms with E-state index in [1.807, 2.05) is 30.3 Å². The molecule has 0 amide bonds. The van der Waals surface area contributed by atoms with Gasteiger partial charge in [-0.25, -0.2) is 4.79 Å². The first-order valence-electron chi connectivity index (χ1n) is 5.39. The Morgan fingerprint density at radius 1 is 1.39 bits per heavy atom. The Bertz CT molecular complexity index is 512. The first kappa shape index (κ1) is 14.0. The molecule has 0 radical (unpaired) electrons. The van der Waals surface area contributed by atoms with Gasteiger partial charge in [-0.15, -0.1) is 0 Å². The third kappa shape index (κ3) is 4.08. The third-order valence-corrected chi connectivity index (χ3v) is 2.41. The molecule has 0 unspecified atom stereocenters. The molecule has 0 aliphatic rings. The highest BCUT2D eigenvalue weighted by molar-refractivity contribution is 6.48. The van der Waals surface area contributed by atoms with Crippen molar-refractivity contribution >= 4 is 22.6 Å². The Morgan fingerprint density at radius 2 is 2.06 bits per heavy atom. The second-order valence-electron chi connectivity index (χ2n) is 3.29. The summed E-state index contributed by atoms with van der Waals surface area (Å²) in [4.78, 5) is 11.3. The first-order chi connectivity index (χ1) is 8.69. The summed E-state index contributed by atoms with van der Waals surface area (Å²) in [6.07, 6.45) is 2.86. The topological polar surface area (TPSA) is 50.1 Å². The van der Waals surface area contributed by atoms with Gasteiger partial charge in [0.1, 0.15) is 11.6 Å². The summed E-state index contributed by atoms with van der Waals surface area (Å²) in [5.41, 5.74) is 0.738. The van der Waals surface area contributed by atoms with Crippen molar-refractivity contribution in [1.82, 2.24) is 0 Å². The van der Waals surface area contributed by atoms with E-state index in [4.69, 9.17) is 21.6 Å². The summed E-state index contributed by atoms with van der Waals surface area (Å²) in [5.74, 6) is -0.645. The van der Waals surface area contributed by atoms with Gasteiger partial charge in [-0.1, -0.05) is 41.9 Å². The number of ether oxygens (including phenoxy) is 1. The lowest BCUT2D eigenvalue weighted by Crippen LogP contribution is -2.05. The highest BCUT2D eigenvalue weighted by atomic mass is 35.5. The Labute approximate surface area is 111 Å². The van der Waals surface area contributed by atoms with Crippen molar-refractivity contribution in [3.63, 3.8) is 0 Å². The number of nitrogens with zero attached hydrogens (tertiary/aromatic N) is 1. The number of benzene rings is 1. The fraction of sp³-hybridized carbons (Fsp3) is 0.143.